The van der Waals surface area contributed by atoms with E-state index in [1.807, 2.05) is 6.92 Å². The first kappa shape index (κ1) is 20.6. The van der Waals surface area contributed by atoms with Crippen LogP contribution in [-0.4, -0.2) is 37.3 Å². The van der Waals surface area contributed by atoms with Crippen molar-refractivity contribution in [2.24, 2.45) is 0 Å². The van der Waals surface area contributed by atoms with Crippen molar-refractivity contribution in [3.63, 3.8) is 0 Å². The van der Waals surface area contributed by atoms with Crippen LogP contribution < -0.4 is 14.2 Å². The molecule has 27 heavy (non-hydrogen) atoms. The molecule has 0 atom stereocenters. The molecule has 2 rings (SSSR count). The van der Waals surface area contributed by atoms with Crippen LogP contribution in [0.25, 0.3) is 6.08 Å². The summed E-state index contributed by atoms with van der Waals surface area (Å²) in [7, 11) is 4.26. The van der Waals surface area contributed by atoms with Crippen LogP contribution in [0.15, 0.2) is 28.7 Å². The minimum atomic E-state index is -0.497. The summed E-state index contributed by atoms with van der Waals surface area (Å²) in [4.78, 5) is 13.1. The molecule has 2 N–H and O–H groups in total. The van der Waals surface area contributed by atoms with Gasteiger partial charge in [0.15, 0.2) is 11.5 Å². The summed E-state index contributed by atoms with van der Waals surface area (Å²) in [5.41, 5.74) is 1.19. The fourth-order valence-electron chi connectivity index (χ4n) is 2.83. The number of benzene rings is 2. The molecule has 0 aliphatic carbocycles. The monoisotopic (exact) mass is 436 g/mol. The van der Waals surface area contributed by atoms with Gasteiger partial charge in [-0.3, -0.25) is 4.79 Å². The van der Waals surface area contributed by atoms with E-state index in [9.17, 15) is 15.0 Å². The van der Waals surface area contributed by atoms with Gasteiger partial charge < -0.3 is 24.4 Å². The zero-order chi connectivity index (χ0) is 20.1. The van der Waals surface area contributed by atoms with Crippen LogP contribution in [0.3, 0.4) is 0 Å². The van der Waals surface area contributed by atoms with Gasteiger partial charge in [0, 0.05) is 5.56 Å². The number of allylic oxidation sites excluding steroid dienone is 1. The van der Waals surface area contributed by atoms with Gasteiger partial charge in [-0.2, -0.15) is 0 Å². The number of phenolic OH excluding ortho intramolecular Hbond substituents is 2. The number of hydrogen-bond donors (Lipinski definition) is 2. The summed E-state index contributed by atoms with van der Waals surface area (Å²) in [6.07, 6.45) is 2.04. The van der Waals surface area contributed by atoms with Gasteiger partial charge in [-0.25, -0.2) is 0 Å². The maximum atomic E-state index is 13.1. The first-order valence-electron chi connectivity index (χ1n) is 8.14. The quantitative estimate of drug-likeness (QED) is 0.496. The van der Waals surface area contributed by atoms with Gasteiger partial charge in [-0.1, -0.05) is 19.1 Å². The Bertz CT molecular complexity index is 889. The molecule has 144 valence electrons. The number of phenols is 2. The molecule has 0 saturated carbocycles. The van der Waals surface area contributed by atoms with Crippen molar-refractivity contribution < 1.29 is 29.2 Å². The van der Waals surface area contributed by atoms with E-state index in [1.54, 1.807) is 18.2 Å². The van der Waals surface area contributed by atoms with E-state index in [2.05, 4.69) is 15.9 Å². The Labute approximate surface area is 166 Å². The highest BCUT2D eigenvalue weighted by atomic mass is 79.9. The molecule has 0 fully saturated rings. The number of hydrogen-bond acceptors (Lipinski definition) is 6. The Kier molecular flexibility index (Phi) is 6.74. The third-order valence-corrected chi connectivity index (χ3v) is 4.60. The maximum Gasteiger partial charge on any atom is 0.207 e. The molecular weight excluding hydrogens is 416 g/mol. The summed E-state index contributed by atoms with van der Waals surface area (Å²) >= 11 is 3.26. The SMILES string of the molecule is CCc1c(OC)c(OC)c(O)c(C(=O)/C(Br)=C/c2cccc(O)c2)c1OC. The number of carbonyl (C=O) groups is 1. The predicted molar refractivity (Wildman–Crippen MR) is 106 cm³/mol. The van der Waals surface area contributed by atoms with E-state index in [4.69, 9.17) is 14.2 Å². The van der Waals surface area contributed by atoms with Crippen molar-refractivity contribution in [1.82, 2.24) is 0 Å². The summed E-state index contributed by atoms with van der Waals surface area (Å²) < 4.78 is 16.2. The van der Waals surface area contributed by atoms with Crippen LogP contribution >= 0.6 is 15.9 Å². The Morgan fingerprint density at radius 1 is 1.07 bits per heavy atom. The van der Waals surface area contributed by atoms with Gasteiger partial charge in [-0.15, -0.1) is 0 Å². The molecule has 0 heterocycles. The average Bonchev–Trinajstić information content (AvgIpc) is 2.66. The second kappa shape index (κ2) is 8.81. The number of aromatic hydroxyl groups is 2. The summed E-state index contributed by atoms with van der Waals surface area (Å²) in [6.45, 7) is 1.88. The van der Waals surface area contributed by atoms with Crippen molar-refractivity contribution in [2.45, 2.75) is 13.3 Å². The largest absolute Gasteiger partial charge is 0.508 e. The third-order valence-electron chi connectivity index (χ3n) is 4.01. The van der Waals surface area contributed by atoms with Crippen molar-refractivity contribution in [3.8, 4) is 28.7 Å². The van der Waals surface area contributed by atoms with E-state index in [1.165, 1.54) is 33.5 Å². The second-order valence-electron chi connectivity index (χ2n) is 5.57. The minimum Gasteiger partial charge on any atom is -0.508 e. The van der Waals surface area contributed by atoms with E-state index >= 15 is 0 Å². The van der Waals surface area contributed by atoms with E-state index in [0.29, 0.717) is 23.3 Å². The molecule has 0 aliphatic rings. The summed E-state index contributed by atoms with van der Waals surface area (Å²) in [5, 5.41) is 20.3. The first-order valence-corrected chi connectivity index (χ1v) is 8.93. The molecule has 0 aromatic heterocycles. The molecule has 6 nitrogen and oxygen atoms in total. The fourth-order valence-corrected chi connectivity index (χ4v) is 3.29. The number of rotatable bonds is 7. The highest BCUT2D eigenvalue weighted by Crippen LogP contribution is 2.49. The predicted octanol–water partition coefficient (Wildman–Crippen LogP) is 4.30. The lowest BCUT2D eigenvalue weighted by Gasteiger charge is -2.20. The smallest absolute Gasteiger partial charge is 0.207 e. The van der Waals surface area contributed by atoms with Crippen LogP contribution in [0.5, 0.6) is 28.7 Å². The average molecular weight is 437 g/mol. The van der Waals surface area contributed by atoms with Crippen LogP contribution in [-0.2, 0) is 6.42 Å². The number of ketones is 1. The van der Waals surface area contributed by atoms with Crippen molar-refractivity contribution in [3.05, 3.63) is 45.4 Å². The molecule has 0 spiro atoms. The van der Waals surface area contributed by atoms with Crippen molar-refractivity contribution >= 4 is 27.8 Å². The molecule has 0 radical (unpaired) electrons. The Morgan fingerprint density at radius 3 is 2.22 bits per heavy atom. The topological polar surface area (TPSA) is 85.2 Å². The highest BCUT2D eigenvalue weighted by Gasteiger charge is 2.30. The van der Waals surface area contributed by atoms with Crippen LogP contribution in [0.4, 0.5) is 0 Å². The van der Waals surface area contributed by atoms with Gasteiger partial charge >= 0.3 is 0 Å². The zero-order valence-corrected chi connectivity index (χ0v) is 17.1. The van der Waals surface area contributed by atoms with Gasteiger partial charge in [-0.05, 0) is 46.1 Å². The molecule has 0 saturated heterocycles. The zero-order valence-electron chi connectivity index (χ0n) is 15.5. The third kappa shape index (κ3) is 4.03. The molecule has 2 aromatic carbocycles. The number of carbonyl (C=O) groups excluding carboxylic acids is 1. The molecular formula is C20H21BrO6. The molecule has 0 amide bonds. The van der Waals surface area contributed by atoms with Gasteiger partial charge in [0.25, 0.3) is 0 Å². The first-order chi connectivity index (χ1) is 12.9. The number of Topliss-reactive ketones (excluding diaryl/α,β-unsaturated/α-hetero) is 1. The van der Waals surface area contributed by atoms with Crippen molar-refractivity contribution in [1.29, 1.82) is 0 Å². The normalized spacial score (nSPS) is 11.2. The number of halogens is 1. The minimum absolute atomic E-state index is 0.0321. The molecule has 0 unspecified atom stereocenters. The Hall–Kier alpha value is -2.67. The highest BCUT2D eigenvalue weighted by molar-refractivity contribution is 9.12. The molecule has 7 heteroatoms. The molecule has 2 aromatic rings. The van der Waals surface area contributed by atoms with E-state index in [-0.39, 0.29) is 33.0 Å². The van der Waals surface area contributed by atoms with Crippen molar-refractivity contribution in [2.75, 3.05) is 21.3 Å². The van der Waals surface area contributed by atoms with Crippen LogP contribution in [0, 0.1) is 0 Å². The molecule has 0 aliphatic heterocycles. The lowest BCUT2D eigenvalue weighted by atomic mass is 9.99. The lowest BCUT2D eigenvalue weighted by Crippen LogP contribution is -2.08. The summed E-state index contributed by atoms with van der Waals surface area (Å²) in [6, 6.07) is 6.44. The Morgan fingerprint density at radius 2 is 1.70 bits per heavy atom. The van der Waals surface area contributed by atoms with E-state index in [0.717, 1.165) is 0 Å². The number of ether oxygens (including phenoxy) is 3. The fraction of sp³-hybridized carbons (Fsp3) is 0.250. The molecule has 0 bridgehead atoms. The lowest BCUT2D eigenvalue weighted by molar-refractivity contribution is 0.103. The van der Waals surface area contributed by atoms with Gasteiger partial charge in [0.1, 0.15) is 17.1 Å². The number of methoxy groups -OCH3 is 3. The van der Waals surface area contributed by atoms with Gasteiger partial charge in [0.2, 0.25) is 11.5 Å². The van der Waals surface area contributed by atoms with Crippen LogP contribution in [0.2, 0.25) is 0 Å². The Balaban J connectivity index is 2.67. The maximum absolute atomic E-state index is 13.1. The van der Waals surface area contributed by atoms with Gasteiger partial charge in [0.05, 0.1) is 25.8 Å². The summed E-state index contributed by atoms with van der Waals surface area (Å²) in [5.74, 6) is -0.177. The standard InChI is InChI=1S/C20H21BrO6/c1-5-13-18(25-2)15(17(24)20(27-4)19(13)26-3)16(23)14(21)10-11-7-6-8-12(22)9-11/h6-10,22,24H,5H2,1-4H3/b14-10-. The van der Waals surface area contributed by atoms with Crippen LogP contribution in [0.1, 0.15) is 28.4 Å². The van der Waals surface area contributed by atoms with E-state index < -0.39 is 5.78 Å². The second-order valence-corrected chi connectivity index (χ2v) is 6.43.